The maximum absolute atomic E-state index is 13.3. The van der Waals surface area contributed by atoms with E-state index in [2.05, 4.69) is 10.3 Å². The minimum absolute atomic E-state index is 0.236. The van der Waals surface area contributed by atoms with Crippen molar-refractivity contribution in [1.82, 2.24) is 10.3 Å². The number of likely N-dealkylation sites (N-methyl/N-ethyl adjacent to an activating group) is 1. The molecule has 2 aromatic rings. The molecule has 0 saturated carbocycles. The van der Waals surface area contributed by atoms with Crippen molar-refractivity contribution in [2.75, 3.05) is 6.54 Å². The van der Waals surface area contributed by atoms with Gasteiger partial charge in [-0.25, -0.2) is 8.78 Å². The molecule has 1 aromatic carbocycles. The van der Waals surface area contributed by atoms with Crippen molar-refractivity contribution in [2.45, 2.75) is 32.2 Å². The molecule has 0 radical (unpaired) electrons. The average Bonchev–Trinajstić information content (AvgIpc) is 2.50. The molecule has 0 aliphatic rings. The van der Waals surface area contributed by atoms with E-state index in [9.17, 15) is 8.78 Å². The molecule has 1 atom stereocenters. The Morgan fingerprint density at radius 3 is 2.67 bits per heavy atom. The van der Waals surface area contributed by atoms with Crippen molar-refractivity contribution in [3.05, 3.63) is 65.5 Å². The highest BCUT2D eigenvalue weighted by Crippen LogP contribution is 2.13. The van der Waals surface area contributed by atoms with E-state index in [4.69, 9.17) is 0 Å². The molecule has 0 spiro atoms. The highest BCUT2D eigenvalue weighted by Gasteiger charge is 2.11. The van der Waals surface area contributed by atoms with Gasteiger partial charge in [0.25, 0.3) is 0 Å². The van der Waals surface area contributed by atoms with Crippen LogP contribution in [0.3, 0.4) is 0 Å². The molecule has 1 aromatic heterocycles. The van der Waals surface area contributed by atoms with E-state index in [1.807, 2.05) is 25.3 Å². The first kappa shape index (κ1) is 15.6. The second kappa shape index (κ2) is 7.84. The van der Waals surface area contributed by atoms with E-state index in [1.165, 1.54) is 17.7 Å². The zero-order valence-electron chi connectivity index (χ0n) is 12.2. The van der Waals surface area contributed by atoms with Gasteiger partial charge < -0.3 is 5.32 Å². The molecule has 2 nitrogen and oxygen atoms in total. The second-order valence-corrected chi connectivity index (χ2v) is 5.11. The summed E-state index contributed by atoms with van der Waals surface area (Å²) >= 11 is 0. The van der Waals surface area contributed by atoms with Crippen LogP contribution in [0.4, 0.5) is 8.78 Å². The molecule has 2 rings (SSSR count). The summed E-state index contributed by atoms with van der Waals surface area (Å²) in [6.07, 6.45) is 6.14. The summed E-state index contributed by atoms with van der Waals surface area (Å²) in [7, 11) is 0. The topological polar surface area (TPSA) is 24.9 Å². The van der Waals surface area contributed by atoms with Crippen molar-refractivity contribution in [2.24, 2.45) is 0 Å². The third kappa shape index (κ3) is 4.90. The fourth-order valence-corrected chi connectivity index (χ4v) is 2.40. The number of pyridine rings is 1. The highest BCUT2D eigenvalue weighted by molar-refractivity contribution is 5.19. The number of aromatic nitrogens is 1. The van der Waals surface area contributed by atoms with Gasteiger partial charge in [0.1, 0.15) is 0 Å². The van der Waals surface area contributed by atoms with Crippen LogP contribution < -0.4 is 5.32 Å². The molecule has 112 valence electrons. The van der Waals surface area contributed by atoms with Crippen LogP contribution in [0.25, 0.3) is 0 Å². The normalized spacial score (nSPS) is 12.3. The maximum atomic E-state index is 13.3. The number of nitrogens with one attached hydrogen (secondary N) is 1. The summed E-state index contributed by atoms with van der Waals surface area (Å²) in [5, 5.41) is 3.40. The van der Waals surface area contributed by atoms with Crippen LogP contribution >= 0.6 is 0 Å². The predicted octanol–water partition coefficient (Wildman–Crippen LogP) is 3.51. The van der Waals surface area contributed by atoms with Crippen molar-refractivity contribution in [1.29, 1.82) is 0 Å². The number of rotatable bonds is 7. The Labute approximate surface area is 124 Å². The summed E-state index contributed by atoms with van der Waals surface area (Å²) in [5.74, 6) is -1.58. The number of halogens is 2. The Morgan fingerprint density at radius 2 is 2.00 bits per heavy atom. The van der Waals surface area contributed by atoms with Crippen LogP contribution in [0, 0.1) is 11.6 Å². The van der Waals surface area contributed by atoms with Gasteiger partial charge in [-0.15, -0.1) is 0 Å². The lowest BCUT2D eigenvalue weighted by molar-refractivity contribution is 0.482. The Morgan fingerprint density at radius 1 is 1.14 bits per heavy atom. The van der Waals surface area contributed by atoms with Crippen LogP contribution in [-0.4, -0.2) is 17.6 Å². The predicted molar refractivity (Wildman–Crippen MR) is 80.1 cm³/mol. The van der Waals surface area contributed by atoms with Crippen LogP contribution in [0.1, 0.15) is 24.5 Å². The average molecular weight is 290 g/mol. The molecule has 0 bridgehead atoms. The van der Waals surface area contributed by atoms with E-state index >= 15 is 0 Å². The fourth-order valence-electron chi connectivity index (χ4n) is 2.40. The number of benzene rings is 1. The Hall–Kier alpha value is -1.81. The van der Waals surface area contributed by atoms with Gasteiger partial charge in [-0.05, 0) is 55.1 Å². The first-order valence-corrected chi connectivity index (χ1v) is 7.25. The molecule has 0 aliphatic carbocycles. The molecular weight excluding hydrogens is 270 g/mol. The lowest BCUT2D eigenvalue weighted by Crippen LogP contribution is -2.31. The summed E-state index contributed by atoms with van der Waals surface area (Å²) in [5.41, 5.74) is 2.00. The van der Waals surface area contributed by atoms with Crippen LogP contribution in [0.2, 0.25) is 0 Å². The summed E-state index contributed by atoms with van der Waals surface area (Å²) < 4.78 is 26.2. The third-order valence-electron chi connectivity index (χ3n) is 3.46. The smallest absolute Gasteiger partial charge is 0.159 e. The number of nitrogens with zero attached hydrogens (tertiary/aromatic N) is 1. The Balaban J connectivity index is 1.96. The van der Waals surface area contributed by atoms with E-state index < -0.39 is 11.6 Å². The second-order valence-electron chi connectivity index (χ2n) is 5.11. The lowest BCUT2D eigenvalue weighted by Gasteiger charge is -2.18. The number of hydrogen-bond acceptors (Lipinski definition) is 2. The monoisotopic (exact) mass is 290 g/mol. The molecule has 21 heavy (non-hydrogen) atoms. The molecule has 1 unspecified atom stereocenters. The van der Waals surface area contributed by atoms with E-state index in [1.54, 1.807) is 12.3 Å². The molecule has 1 heterocycles. The van der Waals surface area contributed by atoms with E-state index in [-0.39, 0.29) is 6.04 Å². The third-order valence-corrected chi connectivity index (χ3v) is 3.46. The summed E-state index contributed by atoms with van der Waals surface area (Å²) in [4.78, 5) is 4.10. The first-order valence-electron chi connectivity index (χ1n) is 7.25. The first-order chi connectivity index (χ1) is 10.2. The maximum Gasteiger partial charge on any atom is 0.159 e. The number of hydrogen-bond donors (Lipinski definition) is 1. The van der Waals surface area contributed by atoms with Gasteiger partial charge in [0.05, 0.1) is 0 Å². The largest absolute Gasteiger partial charge is 0.314 e. The highest BCUT2D eigenvalue weighted by atomic mass is 19.2. The van der Waals surface area contributed by atoms with Crippen molar-refractivity contribution >= 4 is 0 Å². The van der Waals surface area contributed by atoms with Crippen molar-refractivity contribution in [3.8, 4) is 0 Å². The molecular formula is C17H20F2N2. The molecule has 0 aliphatic heterocycles. The zero-order chi connectivity index (χ0) is 15.1. The van der Waals surface area contributed by atoms with Crippen LogP contribution in [-0.2, 0) is 12.8 Å². The van der Waals surface area contributed by atoms with Gasteiger partial charge in [0.2, 0.25) is 0 Å². The van der Waals surface area contributed by atoms with Crippen molar-refractivity contribution < 1.29 is 8.78 Å². The molecule has 0 amide bonds. The van der Waals surface area contributed by atoms with Crippen LogP contribution in [0.15, 0.2) is 42.7 Å². The SMILES string of the molecule is CCNC(CCc1cccnc1)Cc1ccc(F)c(F)c1. The van der Waals surface area contributed by atoms with Crippen molar-refractivity contribution in [3.63, 3.8) is 0 Å². The molecule has 0 fully saturated rings. The lowest BCUT2D eigenvalue weighted by atomic mass is 9.99. The van der Waals surface area contributed by atoms with E-state index in [0.29, 0.717) is 6.42 Å². The van der Waals surface area contributed by atoms with Crippen LogP contribution in [0.5, 0.6) is 0 Å². The van der Waals surface area contributed by atoms with E-state index in [0.717, 1.165) is 24.9 Å². The quantitative estimate of drug-likeness (QED) is 0.844. The minimum atomic E-state index is -0.797. The minimum Gasteiger partial charge on any atom is -0.314 e. The summed E-state index contributed by atoms with van der Waals surface area (Å²) in [6, 6.07) is 8.33. The van der Waals surface area contributed by atoms with Gasteiger partial charge >= 0.3 is 0 Å². The zero-order valence-corrected chi connectivity index (χ0v) is 12.2. The van der Waals surface area contributed by atoms with Gasteiger partial charge in [-0.3, -0.25) is 4.98 Å². The number of aryl methyl sites for hydroxylation is 1. The molecule has 1 N–H and O–H groups in total. The fraction of sp³-hybridized carbons (Fsp3) is 0.353. The van der Waals surface area contributed by atoms with Gasteiger partial charge in [-0.1, -0.05) is 19.1 Å². The molecule has 4 heteroatoms. The molecule has 0 saturated heterocycles. The van der Waals surface area contributed by atoms with Gasteiger partial charge in [0, 0.05) is 18.4 Å². The van der Waals surface area contributed by atoms with Gasteiger partial charge in [0.15, 0.2) is 11.6 Å². The van der Waals surface area contributed by atoms with Gasteiger partial charge in [-0.2, -0.15) is 0 Å². The summed E-state index contributed by atoms with van der Waals surface area (Å²) in [6.45, 7) is 2.89. The standard InChI is InChI=1S/C17H20F2N2/c1-2-21-15(7-5-13-4-3-9-20-12-13)10-14-6-8-16(18)17(19)11-14/h3-4,6,8-9,11-12,15,21H,2,5,7,10H2,1H3. The Kier molecular flexibility index (Phi) is 5.81. The Bertz CT molecular complexity index is 558.